The van der Waals surface area contributed by atoms with Crippen LogP contribution in [-0.4, -0.2) is 28.1 Å². The SMILES string of the molecule is CCN1C(=O)C2(c3ccccc31)c1c(C)nn(-c3ccccc3)c1OC(=N)C2C#N. The van der Waals surface area contributed by atoms with Gasteiger partial charge in [-0.2, -0.15) is 10.4 Å². The molecule has 5 rings (SSSR count). The van der Waals surface area contributed by atoms with Crippen molar-refractivity contribution in [2.24, 2.45) is 5.92 Å². The zero-order valence-corrected chi connectivity index (χ0v) is 16.6. The number of carbonyl (C=O) groups is 1. The van der Waals surface area contributed by atoms with E-state index in [1.54, 1.807) is 9.58 Å². The number of hydrogen-bond donors (Lipinski definition) is 1. The number of nitriles is 1. The van der Waals surface area contributed by atoms with Gasteiger partial charge in [0.15, 0.2) is 0 Å². The van der Waals surface area contributed by atoms with E-state index in [4.69, 9.17) is 10.1 Å². The van der Waals surface area contributed by atoms with Crippen molar-refractivity contribution in [3.05, 3.63) is 71.4 Å². The summed E-state index contributed by atoms with van der Waals surface area (Å²) >= 11 is 0. The van der Waals surface area contributed by atoms with E-state index in [0.717, 1.165) is 11.4 Å². The van der Waals surface area contributed by atoms with Crippen molar-refractivity contribution in [1.82, 2.24) is 9.78 Å². The quantitative estimate of drug-likeness (QED) is 0.717. The number of fused-ring (bicyclic) bond motifs is 4. The standard InChI is InChI=1S/C23H19N5O2/c1-3-27-18-12-8-7-11-16(18)23(22(27)29)17(13-24)20(25)30-21-19(23)14(2)26-28(21)15-9-5-4-6-10-15/h4-12,17,25H,3H2,1-2H3. The highest BCUT2D eigenvalue weighted by molar-refractivity contribution is 6.14. The molecule has 7 heteroatoms. The Morgan fingerprint density at radius 2 is 1.90 bits per heavy atom. The molecule has 2 aliphatic rings. The third kappa shape index (κ3) is 2.05. The molecule has 2 aliphatic heterocycles. The number of para-hydroxylation sites is 2. The number of ether oxygens (including phenoxy) is 1. The molecular weight excluding hydrogens is 378 g/mol. The number of benzene rings is 2. The lowest BCUT2D eigenvalue weighted by molar-refractivity contribution is -0.122. The summed E-state index contributed by atoms with van der Waals surface area (Å²) in [5, 5.41) is 23.3. The third-order valence-electron chi connectivity index (χ3n) is 5.96. The minimum Gasteiger partial charge on any atom is -0.423 e. The van der Waals surface area contributed by atoms with E-state index >= 15 is 0 Å². The largest absolute Gasteiger partial charge is 0.423 e. The van der Waals surface area contributed by atoms with Gasteiger partial charge < -0.3 is 9.64 Å². The summed E-state index contributed by atoms with van der Waals surface area (Å²) in [5.41, 5.74) is 2.03. The number of hydrogen-bond acceptors (Lipinski definition) is 5. The van der Waals surface area contributed by atoms with Crippen LogP contribution in [0.15, 0.2) is 54.6 Å². The predicted octanol–water partition coefficient (Wildman–Crippen LogP) is 3.34. The topological polar surface area (TPSA) is 95.0 Å². The Morgan fingerprint density at radius 3 is 2.60 bits per heavy atom. The van der Waals surface area contributed by atoms with Crippen LogP contribution in [0.3, 0.4) is 0 Å². The van der Waals surface area contributed by atoms with Gasteiger partial charge in [-0.3, -0.25) is 10.2 Å². The summed E-state index contributed by atoms with van der Waals surface area (Å²) in [5.74, 6) is -1.23. The molecule has 0 aliphatic carbocycles. The van der Waals surface area contributed by atoms with E-state index < -0.39 is 11.3 Å². The number of anilines is 1. The van der Waals surface area contributed by atoms with Crippen LogP contribution < -0.4 is 9.64 Å². The maximum absolute atomic E-state index is 13.9. The molecule has 3 aromatic rings. The molecule has 1 aromatic heterocycles. The molecule has 2 aromatic carbocycles. The summed E-state index contributed by atoms with van der Waals surface area (Å²) in [6.07, 6.45) is 0. The molecular formula is C23H19N5O2. The minimum atomic E-state index is -1.36. The van der Waals surface area contributed by atoms with Gasteiger partial charge in [0, 0.05) is 12.2 Å². The molecule has 1 amide bonds. The monoisotopic (exact) mass is 397 g/mol. The van der Waals surface area contributed by atoms with Gasteiger partial charge in [-0.1, -0.05) is 36.4 Å². The van der Waals surface area contributed by atoms with E-state index in [1.165, 1.54) is 0 Å². The average molecular weight is 397 g/mol. The fraction of sp³-hybridized carbons (Fsp3) is 0.217. The first-order chi connectivity index (χ1) is 14.6. The van der Waals surface area contributed by atoms with Crippen molar-refractivity contribution in [2.45, 2.75) is 19.3 Å². The van der Waals surface area contributed by atoms with Gasteiger partial charge in [-0.15, -0.1) is 0 Å². The fourth-order valence-electron chi connectivity index (χ4n) is 4.77. The maximum Gasteiger partial charge on any atom is 0.244 e. The van der Waals surface area contributed by atoms with Crippen molar-refractivity contribution >= 4 is 17.5 Å². The Kier molecular flexibility index (Phi) is 3.80. The number of aryl methyl sites for hydroxylation is 1. The molecule has 30 heavy (non-hydrogen) atoms. The van der Waals surface area contributed by atoms with Gasteiger partial charge >= 0.3 is 0 Å². The second-order valence-electron chi connectivity index (χ2n) is 7.42. The van der Waals surface area contributed by atoms with Crippen molar-refractivity contribution in [2.75, 3.05) is 11.4 Å². The number of amides is 1. The molecule has 3 heterocycles. The first-order valence-corrected chi connectivity index (χ1v) is 9.78. The van der Waals surface area contributed by atoms with Crippen LogP contribution in [0.25, 0.3) is 5.69 Å². The predicted molar refractivity (Wildman–Crippen MR) is 111 cm³/mol. The fourth-order valence-corrected chi connectivity index (χ4v) is 4.77. The van der Waals surface area contributed by atoms with E-state index in [2.05, 4.69) is 11.2 Å². The molecule has 148 valence electrons. The van der Waals surface area contributed by atoms with Gasteiger partial charge in [0.1, 0.15) is 11.3 Å². The number of carbonyl (C=O) groups excluding carboxylic acids is 1. The molecule has 1 N–H and O–H groups in total. The molecule has 0 radical (unpaired) electrons. The van der Waals surface area contributed by atoms with Crippen LogP contribution in [0.1, 0.15) is 23.7 Å². The summed E-state index contributed by atoms with van der Waals surface area (Å²) in [7, 11) is 0. The maximum atomic E-state index is 13.9. The Labute approximate surface area is 173 Å². The number of nitrogens with one attached hydrogen (secondary N) is 1. The minimum absolute atomic E-state index is 0.220. The van der Waals surface area contributed by atoms with E-state index in [9.17, 15) is 10.1 Å². The third-order valence-corrected chi connectivity index (χ3v) is 5.96. The van der Waals surface area contributed by atoms with E-state index in [-0.39, 0.29) is 11.8 Å². The van der Waals surface area contributed by atoms with Crippen molar-refractivity contribution in [3.63, 3.8) is 0 Å². The van der Waals surface area contributed by atoms with Gasteiger partial charge in [-0.25, -0.2) is 4.68 Å². The van der Waals surface area contributed by atoms with Crippen LogP contribution in [0.2, 0.25) is 0 Å². The second kappa shape index (κ2) is 6.29. The Hall–Kier alpha value is -3.92. The molecule has 0 saturated heterocycles. The summed E-state index contributed by atoms with van der Waals surface area (Å²) in [6.45, 7) is 4.18. The molecule has 2 atom stereocenters. The van der Waals surface area contributed by atoms with E-state index in [1.807, 2.05) is 68.4 Å². The lowest BCUT2D eigenvalue weighted by Gasteiger charge is -2.36. The second-order valence-corrected chi connectivity index (χ2v) is 7.42. The number of nitrogens with zero attached hydrogens (tertiary/aromatic N) is 4. The summed E-state index contributed by atoms with van der Waals surface area (Å²) < 4.78 is 7.46. The Balaban J connectivity index is 1.89. The highest BCUT2D eigenvalue weighted by Gasteiger charge is 2.63. The first kappa shape index (κ1) is 18.1. The Morgan fingerprint density at radius 1 is 1.20 bits per heavy atom. The van der Waals surface area contributed by atoms with Gasteiger partial charge in [0.2, 0.25) is 17.7 Å². The van der Waals surface area contributed by atoms with Crippen molar-refractivity contribution in [1.29, 1.82) is 10.7 Å². The molecule has 7 nitrogen and oxygen atoms in total. The van der Waals surface area contributed by atoms with Crippen molar-refractivity contribution < 1.29 is 9.53 Å². The lowest BCUT2D eigenvalue weighted by Crippen LogP contribution is -2.52. The van der Waals surface area contributed by atoms with Crippen LogP contribution in [-0.2, 0) is 10.2 Å². The van der Waals surface area contributed by atoms with Crippen LogP contribution in [0, 0.1) is 29.6 Å². The molecule has 1 spiro atoms. The lowest BCUT2D eigenvalue weighted by atomic mass is 9.65. The Bertz CT molecular complexity index is 1240. The summed E-state index contributed by atoms with van der Waals surface area (Å²) in [6, 6.07) is 19.1. The summed E-state index contributed by atoms with van der Waals surface area (Å²) in [4.78, 5) is 15.6. The first-order valence-electron chi connectivity index (χ1n) is 9.78. The highest BCUT2D eigenvalue weighted by Crippen LogP contribution is 2.56. The van der Waals surface area contributed by atoms with Gasteiger partial charge in [-0.05, 0) is 37.6 Å². The molecule has 2 unspecified atom stereocenters. The van der Waals surface area contributed by atoms with Gasteiger partial charge in [0.25, 0.3) is 0 Å². The average Bonchev–Trinajstić information content (AvgIpc) is 3.21. The van der Waals surface area contributed by atoms with Crippen LogP contribution >= 0.6 is 0 Å². The molecule has 0 fully saturated rings. The normalized spacial score (nSPS) is 21.9. The highest BCUT2D eigenvalue weighted by atomic mass is 16.5. The van der Waals surface area contributed by atoms with Crippen LogP contribution in [0.5, 0.6) is 5.88 Å². The molecule has 0 saturated carbocycles. The van der Waals surface area contributed by atoms with Crippen molar-refractivity contribution in [3.8, 4) is 17.6 Å². The zero-order chi connectivity index (χ0) is 21.0. The number of rotatable bonds is 2. The zero-order valence-electron chi connectivity index (χ0n) is 16.6. The number of aromatic nitrogens is 2. The smallest absolute Gasteiger partial charge is 0.244 e. The molecule has 0 bridgehead atoms. The van der Waals surface area contributed by atoms with Gasteiger partial charge in [0.05, 0.1) is 23.0 Å². The number of likely N-dealkylation sites (N-methyl/N-ethyl adjacent to an activating group) is 1. The van der Waals surface area contributed by atoms with Crippen LogP contribution in [0.4, 0.5) is 5.69 Å². The van der Waals surface area contributed by atoms with E-state index in [0.29, 0.717) is 29.2 Å².